The molecule has 6 nitrogen and oxygen atoms in total. The van der Waals surface area contributed by atoms with Gasteiger partial charge < -0.3 is 20.7 Å². The topological polar surface area (TPSA) is 79.5 Å². The van der Waals surface area contributed by atoms with Gasteiger partial charge in [-0.25, -0.2) is 13.6 Å². The van der Waals surface area contributed by atoms with Crippen LogP contribution in [0.15, 0.2) is 30.3 Å². The van der Waals surface area contributed by atoms with Crippen LogP contribution in [-0.4, -0.2) is 31.6 Å². The van der Waals surface area contributed by atoms with Crippen LogP contribution >= 0.6 is 23.2 Å². The zero-order valence-corrected chi connectivity index (χ0v) is 17.9. The molecule has 2 aliphatic rings. The van der Waals surface area contributed by atoms with Gasteiger partial charge in [-0.2, -0.15) is 0 Å². The van der Waals surface area contributed by atoms with Crippen molar-refractivity contribution in [2.75, 3.05) is 13.7 Å². The molecule has 0 unspecified atom stereocenters. The number of benzene rings is 2. The maximum atomic E-state index is 14.6. The predicted octanol–water partition coefficient (Wildman–Crippen LogP) is 3.85. The first-order valence-electron chi connectivity index (χ1n) is 9.58. The van der Waals surface area contributed by atoms with Gasteiger partial charge in [0.05, 0.1) is 12.6 Å². The third-order valence-electron chi connectivity index (χ3n) is 5.64. The summed E-state index contributed by atoms with van der Waals surface area (Å²) in [6.07, 6.45) is 1.33. The average Bonchev–Trinajstić information content (AvgIpc) is 3.39. The van der Waals surface area contributed by atoms with E-state index >= 15 is 0 Å². The average molecular weight is 470 g/mol. The van der Waals surface area contributed by atoms with E-state index in [2.05, 4.69) is 16.0 Å². The smallest absolute Gasteiger partial charge is 0.316 e. The summed E-state index contributed by atoms with van der Waals surface area (Å²) in [7, 11) is 1.30. The molecule has 10 heteroatoms. The van der Waals surface area contributed by atoms with Crippen molar-refractivity contribution >= 4 is 35.1 Å². The zero-order chi connectivity index (χ0) is 22.3. The molecule has 1 saturated heterocycles. The molecule has 4 rings (SSSR count). The molecule has 0 bridgehead atoms. The van der Waals surface area contributed by atoms with Gasteiger partial charge in [0.1, 0.15) is 23.4 Å². The van der Waals surface area contributed by atoms with Gasteiger partial charge in [0.15, 0.2) is 0 Å². The van der Waals surface area contributed by atoms with E-state index in [1.165, 1.54) is 7.11 Å². The quantitative estimate of drug-likeness (QED) is 0.622. The standard InChI is InChI=1S/C21H19Cl2F2N3O3/c1-31-13-7-15(24)17(16(25)8-13)14-9-26-19(29)18(14)27-20(30)28-21(2-3-21)10-4-11(22)6-12(23)5-10/h4-8,14,18H,2-3,9H2,1H3,(H,26,29)(H2,27,28,30)/t14-,18-/m0/s1. The normalized spacial score (nSPS) is 21.4. The minimum atomic E-state index is -1.14. The Balaban J connectivity index is 1.53. The molecule has 1 saturated carbocycles. The lowest BCUT2D eigenvalue weighted by Gasteiger charge is -2.23. The largest absolute Gasteiger partial charge is 0.497 e. The summed E-state index contributed by atoms with van der Waals surface area (Å²) in [6, 6.07) is 5.34. The molecule has 1 heterocycles. The van der Waals surface area contributed by atoms with Crippen LogP contribution in [0.5, 0.6) is 5.75 Å². The molecule has 0 aromatic heterocycles. The number of methoxy groups -OCH3 is 1. The van der Waals surface area contributed by atoms with E-state index in [0.717, 1.165) is 17.7 Å². The van der Waals surface area contributed by atoms with E-state index in [9.17, 15) is 18.4 Å². The fourth-order valence-corrected chi connectivity index (χ4v) is 4.45. The number of nitrogens with one attached hydrogen (secondary N) is 3. The van der Waals surface area contributed by atoms with Crippen LogP contribution in [0.3, 0.4) is 0 Å². The third-order valence-corrected chi connectivity index (χ3v) is 6.08. The minimum absolute atomic E-state index is 0.0149. The highest BCUT2D eigenvalue weighted by Gasteiger charge is 2.47. The number of urea groups is 1. The van der Waals surface area contributed by atoms with Gasteiger partial charge in [-0.1, -0.05) is 23.2 Å². The van der Waals surface area contributed by atoms with Gasteiger partial charge in [0.2, 0.25) is 5.91 Å². The number of amides is 3. The first kappa shape index (κ1) is 21.6. The Morgan fingerprint density at radius 3 is 2.29 bits per heavy atom. The van der Waals surface area contributed by atoms with Crippen molar-refractivity contribution in [2.24, 2.45) is 0 Å². The molecule has 3 N–H and O–H groups in total. The van der Waals surface area contributed by atoms with E-state index in [4.69, 9.17) is 27.9 Å². The van der Waals surface area contributed by atoms with Crippen molar-refractivity contribution in [3.63, 3.8) is 0 Å². The summed E-state index contributed by atoms with van der Waals surface area (Å²) >= 11 is 12.1. The molecule has 0 spiro atoms. The predicted molar refractivity (Wildman–Crippen MR) is 111 cm³/mol. The van der Waals surface area contributed by atoms with Crippen LogP contribution in [0, 0.1) is 11.6 Å². The van der Waals surface area contributed by atoms with Crippen LogP contribution in [0.2, 0.25) is 10.0 Å². The van der Waals surface area contributed by atoms with Gasteiger partial charge in [-0.05, 0) is 36.6 Å². The number of hydrogen-bond donors (Lipinski definition) is 3. The highest BCUT2D eigenvalue weighted by atomic mass is 35.5. The second kappa shape index (κ2) is 8.16. The van der Waals surface area contributed by atoms with Gasteiger partial charge in [-0.15, -0.1) is 0 Å². The lowest BCUT2D eigenvalue weighted by molar-refractivity contribution is -0.120. The van der Waals surface area contributed by atoms with Crippen molar-refractivity contribution < 1.29 is 23.1 Å². The van der Waals surface area contributed by atoms with Gasteiger partial charge in [0, 0.05) is 40.2 Å². The lowest BCUT2D eigenvalue weighted by atomic mass is 9.92. The monoisotopic (exact) mass is 469 g/mol. The first-order valence-corrected chi connectivity index (χ1v) is 10.3. The van der Waals surface area contributed by atoms with E-state index in [-0.39, 0.29) is 17.9 Å². The molecule has 31 heavy (non-hydrogen) atoms. The molecule has 2 fully saturated rings. The van der Waals surface area contributed by atoms with Crippen LogP contribution in [-0.2, 0) is 10.3 Å². The maximum absolute atomic E-state index is 14.6. The molecule has 0 radical (unpaired) electrons. The van der Waals surface area contributed by atoms with Crippen LogP contribution in [0.4, 0.5) is 13.6 Å². The number of ether oxygens (including phenoxy) is 1. The Labute approximate surface area is 187 Å². The van der Waals surface area contributed by atoms with Crippen LogP contribution in [0.25, 0.3) is 0 Å². The fourth-order valence-electron chi connectivity index (χ4n) is 3.92. The molecular weight excluding hydrogens is 451 g/mol. The Morgan fingerprint density at radius 1 is 1.13 bits per heavy atom. The second-order valence-corrected chi connectivity index (χ2v) is 8.55. The summed E-state index contributed by atoms with van der Waals surface area (Å²) in [5, 5.41) is 8.85. The van der Waals surface area contributed by atoms with Gasteiger partial charge in [0.25, 0.3) is 0 Å². The molecule has 2 atom stereocenters. The third kappa shape index (κ3) is 4.27. The van der Waals surface area contributed by atoms with Crippen molar-refractivity contribution in [2.45, 2.75) is 30.3 Å². The van der Waals surface area contributed by atoms with E-state index in [1.807, 2.05) is 0 Å². The minimum Gasteiger partial charge on any atom is -0.497 e. The molecule has 2 aromatic carbocycles. The lowest BCUT2D eigenvalue weighted by Crippen LogP contribution is -2.50. The number of carbonyl (C=O) groups excluding carboxylic acids is 2. The fraction of sp³-hybridized carbons (Fsp3) is 0.333. The van der Waals surface area contributed by atoms with Crippen molar-refractivity contribution in [3.05, 3.63) is 63.1 Å². The van der Waals surface area contributed by atoms with Crippen LogP contribution in [0.1, 0.15) is 29.9 Å². The van der Waals surface area contributed by atoms with Crippen molar-refractivity contribution in [3.8, 4) is 5.75 Å². The molecule has 1 aliphatic carbocycles. The Kier molecular flexibility index (Phi) is 5.70. The van der Waals surface area contributed by atoms with Crippen molar-refractivity contribution in [1.82, 2.24) is 16.0 Å². The molecule has 2 aromatic rings. The summed E-state index contributed by atoms with van der Waals surface area (Å²) in [4.78, 5) is 25.0. The molecule has 3 amide bonds. The Bertz CT molecular complexity index is 1020. The summed E-state index contributed by atoms with van der Waals surface area (Å²) in [5.74, 6) is -3.12. The molecule has 164 valence electrons. The van der Waals surface area contributed by atoms with Crippen molar-refractivity contribution in [1.29, 1.82) is 0 Å². The second-order valence-electron chi connectivity index (χ2n) is 7.67. The van der Waals surface area contributed by atoms with E-state index < -0.39 is 41.1 Å². The Hall–Kier alpha value is -2.58. The summed E-state index contributed by atoms with van der Waals surface area (Å²) < 4.78 is 34.0. The number of hydrogen-bond acceptors (Lipinski definition) is 3. The maximum Gasteiger partial charge on any atom is 0.316 e. The summed E-state index contributed by atoms with van der Waals surface area (Å²) in [6.45, 7) is -0.0149. The SMILES string of the molecule is COc1cc(F)c([C@@H]2CNC(=O)[C@H]2NC(=O)NC2(c3cc(Cl)cc(Cl)c3)CC2)c(F)c1. The van der Waals surface area contributed by atoms with E-state index in [1.54, 1.807) is 18.2 Å². The molecule has 1 aliphatic heterocycles. The molecular formula is C21H19Cl2F2N3O3. The zero-order valence-electron chi connectivity index (χ0n) is 16.4. The van der Waals surface area contributed by atoms with Gasteiger partial charge in [-0.3, -0.25) is 4.79 Å². The number of carbonyl (C=O) groups is 2. The highest BCUT2D eigenvalue weighted by molar-refractivity contribution is 6.34. The van der Waals surface area contributed by atoms with E-state index in [0.29, 0.717) is 22.9 Å². The first-order chi connectivity index (χ1) is 14.7. The number of rotatable bonds is 5. The highest BCUT2D eigenvalue weighted by Crippen LogP contribution is 2.46. The Morgan fingerprint density at radius 2 is 1.74 bits per heavy atom. The van der Waals surface area contributed by atoms with Crippen LogP contribution < -0.4 is 20.7 Å². The number of halogens is 4. The summed E-state index contributed by atoms with van der Waals surface area (Å²) in [5.41, 5.74) is -0.188. The van der Waals surface area contributed by atoms with Gasteiger partial charge >= 0.3 is 6.03 Å².